The van der Waals surface area contributed by atoms with Crippen LogP contribution >= 0.6 is 0 Å². The lowest BCUT2D eigenvalue weighted by Gasteiger charge is -2.36. The van der Waals surface area contributed by atoms with Crippen molar-refractivity contribution < 1.29 is 4.74 Å². The Bertz CT molecular complexity index is 369. The Morgan fingerprint density at radius 3 is 3.06 bits per heavy atom. The van der Waals surface area contributed by atoms with E-state index in [-0.39, 0.29) is 0 Å². The van der Waals surface area contributed by atoms with Crippen molar-refractivity contribution in [2.75, 3.05) is 19.4 Å². The summed E-state index contributed by atoms with van der Waals surface area (Å²) in [6, 6.07) is 4.32. The van der Waals surface area contributed by atoms with Gasteiger partial charge in [0.1, 0.15) is 0 Å². The summed E-state index contributed by atoms with van der Waals surface area (Å²) in [5.41, 5.74) is 7.60. The highest BCUT2D eigenvalue weighted by atomic mass is 16.5. The third kappa shape index (κ3) is 3.17. The molecule has 4 nitrogen and oxygen atoms in total. The number of likely N-dealkylation sites (tertiary alicyclic amines) is 1. The third-order valence-corrected chi connectivity index (χ3v) is 3.50. The monoisotopic (exact) mass is 235 g/mol. The summed E-state index contributed by atoms with van der Waals surface area (Å²) < 4.78 is 5.42. The lowest BCUT2D eigenvalue weighted by Crippen LogP contribution is -2.42. The SMILES string of the molecule is COC1CCN(Cc2cc(N)ccn2)C(C)C1. The van der Waals surface area contributed by atoms with Crippen LogP contribution in [0.25, 0.3) is 0 Å². The standard InChI is InChI=1S/C13H21N3O/c1-10-7-13(17-2)4-6-16(10)9-12-8-11(14)3-5-15-12/h3,5,8,10,13H,4,6-7,9H2,1-2H3,(H2,14,15). The van der Waals surface area contributed by atoms with Gasteiger partial charge >= 0.3 is 0 Å². The molecule has 1 aromatic rings. The summed E-state index contributed by atoms with van der Waals surface area (Å²) in [5.74, 6) is 0. The summed E-state index contributed by atoms with van der Waals surface area (Å²) in [7, 11) is 1.80. The van der Waals surface area contributed by atoms with Crippen molar-refractivity contribution in [3.8, 4) is 0 Å². The molecule has 2 atom stereocenters. The molecule has 1 fully saturated rings. The van der Waals surface area contributed by atoms with Crippen LogP contribution in [-0.4, -0.2) is 35.7 Å². The highest BCUT2D eigenvalue weighted by Crippen LogP contribution is 2.21. The van der Waals surface area contributed by atoms with Crippen molar-refractivity contribution in [1.82, 2.24) is 9.88 Å². The van der Waals surface area contributed by atoms with Gasteiger partial charge in [0.05, 0.1) is 11.8 Å². The van der Waals surface area contributed by atoms with Gasteiger partial charge in [0.15, 0.2) is 0 Å². The van der Waals surface area contributed by atoms with E-state index in [1.807, 2.05) is 12.1 Å². The Labute approximate surface area is 103 Å². The van der Waals surface area contributed by atoms with Crippen molar-refractivity contribution in [2.24, 2.45) is 0 Å². The minimum Gasteiger partial charge on any atom is -0.399 e. The first kappa shape index (κ1) is 12.3. The predicted octanol–water partition coefficient (Wildman–Crippen LogP) is 1.66. The van der Waals surface area contributed by atoms with Crippen molar-refractivity contribution in [3.05, 3.63) is 24.0 Å². The van der Waals surface area contributed by atoms with Crippen LogP contribution in [0.1, 0.15) is 25.5 Å². The Balaban J connectivity index is 1.95. The quantitative estimate of drug-likeness (QED) is 0.865. The fourth-order valence-electron chi connectivity index (χ4n) is 2.42. The first-order chi connectivity index (χ1) is 8.19. The van der Waals surface area contributed by atoms with E-state index in [0.717, 1.165) is 37.3 Å². The van der Waals surface area contributed by atoms with Crippen LogP contribution in [0, 0.1) is 0 Å². The molecule has 0 amide bonds. The average Bonchev–Trinajstić information content (AvgIpc) is 2.32. The molecule has 0 bridgehead atoms. The number of methoxy groups -OCH3 is 1. The normalized spacial score (nSPS) is 26.0. The zero-order chi connectivity index (χ0) is 12.3. The molecule has 1 aliphatic heterocycles. The van der Waals surface area contributed by atoms with Crippen LogP contribution < -0.4 is 5.73 Å². The Hall–Kier alpha value is -1.13. The van der Waals surface area contributed by atoms with Gasteiger partial charge in [-0.2, -0.15) is 0 Å². The Morgan fingerprint density at radius 2 is 2.41 bits per heavy atom. The van der Waals surface area contributed by atoms with E-state index in [9.17, 15) is 0 Å². The molecule has 94 valence electrons. The van der Waals surface area contributed by atoms with E-state index in [4.69, 9.17) is 10.5 Å². The van der Waals surface area contributed by atoms with E-state index in [1.54, 1.807) is 13.3 Å². The second-order valence-electron chi connectivity index (χ2n) is 4.78. The summed E-state index contributed by atoms with van der Waals surface area (Å²) in [4.78, 5) is 6.80. The maximum absolute atomic E-state index is 5.76. The number of hydrogen-bond donors (Lipinski definition) is 1. The van der Waals surface area contributed by atoms with Crippen molar-refractivity contribution >= 4 is 5.69 Å². The minimum absolute atomic E-state index is 0.412. The van der Waals surface area contributed by atoms with Gasteiger partial charge in [-0.15, -0.1) is 0 Å². The third-order valence-electron chi connectivity index (χ3n) is 3.50. The molecule has 2 rings (SSSR count). The van der Waals surface area contributed by atoms with Gasteiger partial charge in [-0.25, -0.2) is 0 Å². The summed E-state index contributed by atoms with van der Waals surface area (Å²) in [5, 5.41) is 0. The largest absolute Gasteiger partial charge is 0.399 e. The lowest BCUT2D eigenvalue weighted by molar-refractivity contribution is 0.0125. The van der Waals surface area contributed by atoms with Gasteiger partial charge in [-0.1, -0.05) is 0 Å². The van der Waals surface area contributed by atoms with Crippen molar-refractivity contribution in [2.45, 2.75) is 38.5 Å². The number of aromatic nitrogens is 1. The van der Waals surface area contributed by atoms with E-state index in [2.05, 4.69) is 16.8 Å². The Morgan fingerprint density at radius 1 is 1.59 bits per heavy atom. The number of rotatable bonds is 3. The summed E-state index contributed by atoms with van der Waals surface area (Å²) >= 11 is 0. The molecule has 2 heterocycles. The zero-order valence-corrected chi connectivity index (χ0v) is 10.6. The molecule has 4 heteroatoms. The molecule has 0 aromatic carbocycles. The van der Waals surface area contributed by atoms with E-state index in [0.29, 0.717) is 12.1 Å². The van der Waals surface area contributed by atoms with Crippen LogP contribution in [-0.2, 0) is 11.3 Å². The molecule has 1 saturated heterocycles. The molecule has 0 saturated carbocycles. The van der Waals surface area contributed by atoms with Gasteiger partial charge in [-0.3, -0.25) is 9.88 Å². The van der Waals surface area contributed by atoms with E-state index >= 15 is 0 Å². The van der Waals surface area contributed by atoms with Crippen LogP contribution in [0.3, 0.4) is 0 Å². The maximum atomic E-state index is 5.76. The lowest BCUT2D eigenvalue weighted by atomic mass is 10.0. The van der Waals surface area contributed by atoms with Crippen LogP contribution in [0.4, 0.5) is 5.69 Å². The second kappa shape index (κ2) is 5.47. The van der Waals surface area contributed by atoms with E-state index < -0.39 is 0 Å². The summed E-state index contributed by atoms with van der Waals surface area (Å²) in [6.07, 6.45) is 4.38. The minimum atomic E-state index is 0.412. The number of pyridine rings is 1. The zero-order valence-electron chi connectivity index (χ0n) is 10.6. The summed E-state index contributed by atoms with van der Waals surface area (Å²) in [6.45, 7) is 4.19. The molecule has 2 unspecified atom stereocenters. The Kier molecular flexibility index (Phi) is 3.97. The number of nitrogen functional groups attached to an aromatic ring is 1. The molecular weight excluding hydrogens is 214 g/mol. The number of piperidine rings is 1. The highest BCUT2D eigenvalue weighted by Gasteiger charge is 2.25. The van der Waals surface area contributed by atoms with Gasteiger partial charge in [0, 0.05) is 38.1 Å². The molecule has 17 heavy (non-hydrogen) atoms. The fourth-order valence-corrected chi connectivity index (χ4v) is 2.42. The molecule has 1 aliphatic rings. The number of hydrogen-bond acceptors (Lipinski definition) is 4. The van der Waals surface area contributed by atoms with Gasteiger partial charge in [0.2, 0.25) is 0 Å². The van der Waals surface area contributed by atoms with Gasteiger partial charge in [0.25, 0.3) is 0 Å². The molecule has 0 radical (unpaired) electrons. The smallest absolute Gasteiger partial charge is 0.0598 e. The molecule has 0 spiro atoms. The fraction of sp³-hybridized carbons (Fsp3) is 0.615. The van der Waals surface area contributed by atoms with Crippen LogP contribution in [0.5, 0.6) is 0 Å². The van der Waals surface area contributed by atoms with E-state index in [1.165, 1.54) is 0 Å². The van der Waals surface area contributed by atoms with Gasteiger partial charge < -0.3 is 10.5 Å². The van der Waals surface area contributed by atoms with Crippen LogP contribution in [0.15, 0.2) is 18.3 Å². The predicted molar refractivity (Wildman–Crippen MR) is 68.6 cm³/mol. The number of nitrogens with zero attached hydrogens (tertiary/aromatic N) is 2. The molecular formula is C13H21N3O. The second-order valence-corrected chi connectivity index (χ2v) is 4.78. The number of nitrogens with two attached hydrogens (primary N) is 1. The number of ether oxygens (including phenoxy) is 1. The number of anilines is 1. The van der Waals surface area contributed by atoms with Crippen molar-refractivity contribution in [3.63, 3.8) is 0 Å². The maximum Gasteiger partial charge on any atom is 0.0598 e. The highest BCUT2D eigenvalue weighted by molar-refractivity contribution is 5.37. The van der Waals surface area contributed by atoms with Crippen LogP contribution in [0.2, 0.25) is 0 Å². The van der Waals surface area contributed by atoms with Gasteiger partial charge in [-0.05, 0) is 31.9 Å². The molecule has 2 N–H and O–H groups in total. The molecule has 1 aromatic heterocycles. The topological polar surface area (TPSA) is 51.4 Å². The average molecular weight is 235 g/mol. The molecule has 0 aliphatic carbocycles. The van der Waals surface area contributed by atoms with Crippen molar-refractivity contribution in [1.29, 1.82) is 0 Å². The first-order valence-electron chi connectivity index (χ1n) is 6.16. The first-order valence-corrected chi connectivity index (χ1v) is 6.16.